The maximum absolute atomic E-state index is 12.3. The van der Waals surface area contributed by atoms with E-state index in [-0.39, 0.29) is 55.2 Å². The van der Waals surface area contributed by atoms with Crippen LogP contribution in [-0.2, 0) is 14.3 Å². The number of benzene rings is 1. The van der Waals surface area contributed by atoms with Gasteiger partial charge in [-0.3, -0.25) is 9.59 Å². The third-order valence-electron chi connectivity index (χ3n) is 5.14. The predicted octanol–water partition coefficient (Wildman–Crippen LogP) is 2.47. The first kappa shape index (κ1) is 25.5. The molecule has 0 aliphatic carbocycles. The molecule has 1 aromatic rings. The normalized spacial score (nSPS) is 21.7. The largest absolute Gasteiger partial charge is 0.371 e. The summed E-state index contributed by atoms with van der Waals surface area (Å²) in [5, 5.41) is 5.80. The number of ether oxygens (including phenoxy) is 1. The summed E-state index contributed by atoms with van der Waals surface area (Å²) in [4.78, 5) is 26.9. The van der Waals surface area contributed by atoms with Crippen molar-refractivity contribution in [3.63, 3.8) is 0 Å². The topological polar surface area (TPSA) is 96.7 Å². The molecule has 9 heteroatoms. The molecule has 4 N–H and O–H groups in total. The van der Waals surface area contributed by atoms with Gasteiger partial charge in [-0.2, -0.15) is 0 Å². The van der Waals surface area contributed by atoms with Crippen LogP contribution in [0.3, 0.4) is 0 Å². The van der Waals surface area contributed by atoms with Gasteiger partial charge in [0.1, 0.15) is 6.10 Å². The van der Waals surface area contributed by atoms with Gasteiger partial charge >= 0.3 is 0 Å². The van der Waals surface area contributed by atoms with E-state index in [0.29, 0.717) is 13.0 Å². The summed E-state index contributed by atoms with van der Waals surface area (Å²) in [6, 6.07) is 7.66. The quantitative estimate of drug-likeness (QED) is 0.597. The molecule has 2 saturated heterocycles. The molecular formula is C20H32Cl2N4O3. The van der Waals surface area contributed by atoms with Gasteiger partial charge in [0.15, 0.2) is 0 Å². The summed E-state index contributed by atoms with van der Waals surface area (Å²) in [5.41, 5.74) is 7.50. The first-order valence-corrected chi connectivity index (χ1v) is 9.86. The highest BCUT2D eigenvalue weighted by Crippen LogP contribution is 2.23. The number of nitrogens with one attached hydrogen (secondary N) is 2. The van der Waals surface area contributed by atoms with Gasteiger partial charge in [0, 0.05) is 43.5 Å². The highest BCUT2D eigenvalue weighted by Gasteiger charge is 2.30. The van der Waals surface area contributed by atoms with Gasteiger partial charge in [-0.1, -0.05) is 6.07 Å². The van der Waals surface area contributed by atoms with Crippen LogP contribution in [0.25, 0.3) is 0 Å². The van der Waals surface area contributed by atoms with Crippen molar-refractivity contribution >= 4 is 48.0 Å². The van der Waals surface area contributed by atoms with E-state index >= 15 is 0 Å². The Balaban J connectivity index is 0.00000210. The standard InChI is InChI=1S/C20H30N4O3.2ClH/c1-14(22-20(26)18-8-7-17(13-21)27-18)11-19(25)23-15-5-4-6-16(12-15)24-9-2-3-10-24;;/h4-6,12,14,17-18H,2-3,7-11,13,21H2,1H3,(H,22,26)(H,23,25);2*1H/t14?,17-,18+;;/m1../s1. The molecule has 3 rings (SSSR count). The lowest BCUT2D eigenvalue weighted by Gasteiger charge is -2.19. The fourth-order valence-corrected chi connectivity index (χ4v) is 3.70. The van der Waals surface area contributed by atoms with Crippen molar-refractivity contribution in [3.8, 4) is 0 Å². The monoisotopic (exact) mass is 446 g/mol. The Morgan fingerprint density at radius 3 is 2.62 bits per heavy atom. The molecule has 0 spiro atoms. The molecule has 2 amide bonds. The van der Waals surface area contributed by atoms with Crippen LogP contribution < -0.4 is 21.3 Å². The number of carbonyl (C=O) groups excluding carboxylic acids is 2. The summed E-state index contributed by atoms with van der Waals surface area (Å²) >= 11 is 0. The molecule has 164 valence electrons. The van der Waals surface area contributed by atoms with Crippen molar-refractivity contribution in [2.24, 2.45) is 5.73 Å². The van der Waals surface area contributed by atoms with Crippen LogP contribution in [0.2, 0.25) is 0 Å². The summed E-state index contributed by atoms with van der Waals surface area (Å²) in [7, 11) is 0. The number of rotatable bonds is 7. The minimum atomic E-state index is -0.457. The van der Waals surface area contributed by atoms with Gasteiger partial charge in [0.25, 0.3) is 0 Å². The number of carbonyl (C=O) groups is 2. The van der Waals surface area contributed by atoms with Gasteiger partial charge in [-0.25, -0.2) is 0 Å². The lowest BCUT2D eigenvalue weighted by molar-refractivity contribution is -0.132. The van der Waals surface area contributed by atoms with Crippen LogP contribution >= 0.6 is 24.8 Å². The molecule has 0 bridgehead atoms. The second-order valence-corrected chi connectivity index (χ2v) is 7.47. The zero-order valence-corrected chi connectivity index (χ0v) is 18.4. The van der Waals surface area contributed by atoms with Crippen molar-refractivity contribution < 1.29 is 14.3 Å². The summed E-state index contributed by atoms with van der Waals surface area (Å²) in [6.45, 7) is 4.38. The Morgan fingerprint density at radius 2 is 1.97 bits per heavy atom. The number of amides is 2. The molecule has 0 aromatic heterocycles. The van der Waals surface area contributed by atoms with E-state index in [2.05, 4.69) is 21.6 Å². The van der Waals surface area contributed by atoms with E-state index < -0.39 is 6.10 Å². The molecule has 7 nitrogen and oxygen atoms in total. The van der Waals surface area contributed by atoms with Crippen molar-refractivity contribution in [1.29, 1.82) is 0 Å². The van der Waals surface area contributed by atoms with Gasteiger partial charge in [-0.05, 0) is 50.8 Å². The number of hydrogen-bond donors (Lipinski definition) is 3. The number of anilines is 2. The number of hydrogen-bond acceptors (Lipinski definition) is 5. The van der Waals surface area contributed by atoms with E-state index in [4.69, 9.17) is 10.5 Å². The minimum Gasteiger partial charge on any atom is -0.371 e. The van der Waals surface area contributed by atoms with E-state index in [1.165, 1.54) is 12.8 Å². The molecule has 3 atom stereocenters. The molecule has 0 saturated carbocycles. The van der Waals surface area contributed by atoms with Crippen molar-refractivity contribution in [3.05, 3.63) is 24.3 Å². The highest BCUT2D eigenvalue weighted by molar-refractivity contribution is 5.92. The van der Waals surface area contributed by atoms with Crippen LogP contribution in [0.15, 0.2) is 24.3 Å². The lowest BCUT2D eigenvalue weighted by Crippen LogP contribution is -2.41. The van der Waals surface area contributed by atoms with Gasteiger partial charge in [0.05, 0.1) is 6.10 Å². The SMILES string of the molecule is CC(CC(=O)Nc1cccc(N2CCCC2)c1)NC(=O)[C@@H]1CC[C@H](CN)O1.Cl.Cl. The molecule has 2 heterocycles. The second kappa shape index (κ2) is 12.2. The molecule has 1 unspecified atom stereocenters. The summed E-state index contributed by atoms with van der Waals surface area (Å²) in [6.07, 6.45) is 3.62. The Hall–Kier alpha value is -1.54. The van der Waals surface area contributed by atoms with E-state index in [1.807, 2.05) is 25.1 Å². The minimum absolute atomic E-state index is 0. The van der Waals surface area contributed by atoms with E-state index in [0.717, 1.165) is 30.9 Å². The highest BCUT2D eigenvalue weighted by atomic mass is 35.5. The van der Waals surface area contributed by atoms with Crippen molar-refractivity contribution in [2.45, 2.75) is 57.3 Å². The molecule has 2 aliphatic rings. The molecule has 2 aliphatic heterocycles. The Kier molecular flexibility index (Phi) is 10.7. The molecule has 2 fully saturated rings. The molecular weight excluding hydrogens is 415 g/mol. The fraction of sp³-hybridized carbons (Fsp3) is 0.600. The number of nitrogens with two attached hydrogens (primary N) is 1. The first-order valence-electron chi connectivity index (χ1n) is 9.86. The van der Waals surface area contributed by atoms with Gasteiger partial charge in [-0.15, -0.1) is 24.8 Å². The zero-order chi connectivity index (χ0) is 19.2. The van der Waals surface area contributed by atoms with E-state index in [1.54, 1.807) is 0 Å². The third kappa shape index (κ3) is 7.33. The average molecular weight is 447 g/mol. The van der Waals surface area contributed by atoms with Crippen molar-refractivity contribution in [2.75, 3.05) is 29.9 Å². The maximum atomic E-state index is 12.3. The van der Waals surface area contributed by atoms with Crippen LogP contribution in [0.5, 0.6) is 0 Å². The Labute approximate surface area is 184 Å². The third-order valence-corrected chi connectivity index (χ3v) is 5.14. The van der Waals surface area contributed by atoms with Gasteiger partial charge < -0.3 is 26.0 Å². The summed E-state index contributed by atoms with van der Waals surface area (Å²) < 4.78 is 5.59. The van der Waals surface area contributed by atoms with Crippen LogP contribution in [0, 0.1) is 0 Å². The van der Waals surface area contributed by atoms with E-state index in [9.17, 15) is 9.59 Å². The molecule has 29 heavy (non-hydrogen) atoms. The van der Waals surface area contributed by atoms with Crippen LogP contribution in [0.1, 0.15) is 39.0 Å². The van der Waals surface area contributed by atoms with Gasteiger partial charge in [0.2, 0.25) is 11.8 Å². The number of halogens is 2. The molecule has 0 radical (unpaired) electrons. The maximum Gasteiger partial charge on any atom is 0.249 e. The average Bonchev–Trinajstić information content (AvgIpc) is 3.33. The number of nitrogens with zero attached hydrogens (tertiary/aromatic N) is 1. The van der Waals surface area contributed by atoms with Crippen LogP contribution in [-0.4, -0.2) is 49.7 Å². The Bertz CT molecular complexity index is 671. The van der Waals surface area contributed by atoms with Crippen molar-refractivity contribution in [1.82, 2.24) is 5.32 Å². The predicted molar refractivity (Wildman–Crippen MR) is 120 cm³/mol. The lowest BCUT2D eigenvalue weighted by atomic mass is 10.1. The first-order chi connectivity index (χ1) is 13.0. The second-order valence-electron chi connectivity index (χ2n) is 7.47. The molecule has 1 aromatic carbocycles. The summed E-state index contributed by atoms with van der Waals surface area (Å²) in [5.74, 6) is -0.282. The zero-order valence-electron chi connectivity index (χ0n) is 16.8. The smallest absolute Gasteiger partial charge is 0.249 e. The Morgan fingerprint density at radius 1 is 1.24 bits per heavy atom. The van der Waals surface area contributed by atoms with Crippen LogP contribution in [0.4, 0.5) is 11.4 Å². The fourth-order valence-electron chi connectivity index (χ4n) is 3.70.